The van der Waals surface area contributed by atoms with Crippen molar-refractivity contribution in [1.29, 1.82) is 0 Å². The Kier molecular flexibility index (Phi) is 4.02. The molecule has 0 bridgehead atoms. The predicted octanol–water partition coefficient (Wildman–Crippen LogP) is 4.64. The van der Waals surface area contributed by atoms with Crippen LogP contribution < -0.4 is 10.6 Å². The summed E-state index contributed by atoms with van der Waals surface area (Å²) in [5.41, 5.74) is 4.35. The fourth-order valence-corrected chi connectivity index (χ4v) is 2.49. The number of imidazole rings is 1. The van der Waals surface area contributed by atoms with E-state index in [1.165, 1.54) is 5.56 Å². The van der Waals surface area contributed by atoms with E-state index in [-0.39, 0.29) is 6.03 Å². The molecule has 2 amide bonds. The van der Waals surface area contributed by atoms with Crippen molar-refractivity contribution in [3.63, 3.8) is 0 Å². The van der Waals surface area contributed by atoms with Crippen LogP contribution in [0.1, 0.15) is 31.2 Å². The first-order chi connectivity index (χ1) is 11.0. The van der Waals surface area contributed by atoms with Crippen LogP contribution in [0.25, 0.3) is 11.0 Å². The number of fused-ring (bicyclic) bond motifs is 1. The molecule has 0 radical (unpaired) electrons. The molecule has 0 aliphatic heterocycles. The van der Waals surface area contributed by atoms with Gasteiger partial charge in [0.25, 0.3) is 0 Å². The third-order valence-corrected chi connectivity index (χ3v) is 3.71. The molecule has 5 nitrogen and oxygen atoms in total. The van der Waals surface area contributed by atoms with E-state index in [2.05, 4.69) is 34.4 Å². The largest absolute Gasteiger partial charge is 0.342 e. The molecule has 0 saturated carbocycles. The van der Waals surface area contributed by atoms with Gasteiger partial charge in [-0.05, 0) is 42.7 Å². The Morgan fingerprint density at radius 3 is 2.52 bits per heavy atom. The van der Waals surface area contributed by atoms with Gasteiger partial charge >= 0.3 is 6.03 Å². The van der Waals surface area contributed by atoms with Crippen LogP contribution in [0.3, 0.4) is 0 Å². The summed E-state index contributed by atoms with van der Waals surface area (Å²) in [5, 5.41) is 5.69. The maximum Gasteiger partial charge on any atom is 0.323 e. The highest BCUT2D eigenvalue weighted by atomic mass is 16.2. The topological polar surface area (TPSA) is 69.8 Å². The van der Waals surface area contributed by atoms with Crippen molar-refractivity contribution >= 4 is 28.4 Å². The number of carbonyl (C=O) groups is 1. The average Bonchev–Trinajstić information content (AvgIpc) is 2.89. The smallest absolute Gasteiger partial charge is 0.323 e. The highest BCUT2D eigenvalue weighted by Crippen LogP contribution is 2.22. The van der Waals surface area contributed by atoms with Gasteiger partial charge in [0.05, 0.1) is 11.2 Å². The number of amides is 2. The number of urea groups is 1. The number of hydrogen-bond acceptors (Lipinski definition) is 2. The second kappa shape index (κ2) is 6.12. The molecule has 23 heavy (non-hydrogen) atoms. The van der Waals surface area contributed by atoms with E-state index in [1.54, 1.807) is 0 Å². The molecule has 0 saturated heterocycles. The molecule has 118 valence electrons. The Labute approximate surface area is 135 Å². The molecule has 0 spiro atoms. The lowest BCUT2D eigenvalue weighted by Crippen LogP contribution is -2.19. The third-order valence-electron chi connectivity index (χ3n) is 3.71. The van der Waals surface area contributed by atoms with E-state index < -0.39 is 0 Å². The standard InChI is InChI=1S/C18H20N4O/c1-11(2)13-7-9-14(10-8-13)21-18(23)22-16-6-4-5-15-17(16)20-12(3)19-15/h4-11H,1-3H3,(H,19,20)(H2,21,22,23). The third kappa shape index (κ3) is 3.34. The van der Waals surface area contributed by atoms with E-state index >= 15 is 0 Å². The highest BCUT2D eigenvalue weighted by Gasteiger charge is 2.09. The zero-order chi connectivity index (χ0) is 16.4. The van der Waals surface area contributed by atoms with Crippen LogP contribution in [0.4, 0.5) is 16.2 Å². The number of aromatic amines is 1. The fraction of sp³-hybridized carbons (Fsp3) is 0.222. The van der Waals surface area contributed by atoms with E-state index in [0.29, 0.717) is 11.6 Å². The molecule has 0 aliphatic rings. The Hall–Kier alpha value is -2.82. The number of rotatable bonds is 3. The maximum atomic E-state index is 12.2. The lowest BCUT2D eigenvalue weighted by molar-refractivity contribution is 0.262. The second-order valence-corrected chi connectivity index (χ2v) is 5.88. The molecule has 0 atom stereocenters. The first-order valence-electron chi connectivity index (χ1n) is 7.66. The lowest BCUT2D eigenvalue weighted by Gasteiger charge is -2.10. The number of anilines is 2. The summed E-state index contributed by atoms with van der Waals surface area (Å²) in [6.07, 6.45) is 0. The minimum Gasteiger partial charge on any atom is -0.342 e. The molecule has 1 aromatic heterocycles. The van der Waals surface area contributed by atoms with Crippen LogP contribution in [0.2, 0.25) is 0 Å². The first kappa shape index (κ1) is 15.1. The van der Waals surface area contributed by atoms with Gasteiger partial charge in [-0.3, -0.25) is 0 Å². The van der Waals surface area contributed by atoms with Crippen molar-refractivity contribution in [1.82, 2.24) is 9.97 Å². The summed E-state index contributed by atoms with van der Waals surface area (Å²) in [6.45, 7) is 6.17. The van der Waals surface area contributed by atoms with Gasteiger partial charge < -0.3 is 15.6 Å². The SMILES string of the molecule is Cc1nc2c(NC(=O)Nc3ccc(C(C)C)cc3)cccc2[nH]1. The maximum absolute atomic E-state index is 12.2. The number of carbonyl (C=O) groups excluding carboxylic acids is 1. The van der Waals surface area contributed by atoms with Crippen LogP contribution in [-0.4, -0.2) is 16.0 Å². The molecule has 3 aromatic rings. The number of H-pyrrole nitrogens is 1. The zero-order valence-corrected chi connectivity index (χ0v) is 13.5. The minimum atomic E-state index is -0.282. The molecule has 5 heteroatoms. The molecular weight excluding hydrogens is 288 g/mol. The number of aromatic nitrogens is 2. The summed E-state index contributed by atoms with van der Waals surface area (Å²) in [6, 6.07) is 13.2. The van der Waals surface area contributed by atoms with E-state index in [9.17, 15) is 4.79 Å². The van der Waals surface area contributed by atoms with Gasteiger partial charge in [-0.25, -0.2) is 9.78 Å². The predicted molar refractivity (Wildman–Crippen MR) is 94.0 cm³/mol. The van der Waals surface area contributed by atoms with Crippen molar-refractivity contribution in [2.45, 2.75) is 26.7 Å². The van der Waals surface area contributed by atoms with Gasteiger partial charge in [0.2, 0.25) is 0 Å². The van der Waals surface area contributed by atoms with Crippen LogP contribution in [0, 0.1) is 6.92 Å². The quantitative estimate of drug-likeness (QED) is 0.659. The number of hydrogen-bond donors (Lipinski definition) is 3. The number of nitrogens with zero attached hydrogens (tertiary/aromatic N) is 1. The molecule has 0 unspecified atom stereocenters. The Balaban J connectivity index is 1.73. The number of nitrogens with one attached hydrogen (secondary N) is 3. The molecule has 0 fully saturated rings. The number of para-hydroxylation sites is 1. The molecule has 3 N–H and O–H groups in total. The van der Waals surface area contributed by atoms with Crippen molar-refractivity contribution in [2.24, 2.45) is 0 Å². The van der Waals surface area contributed by atoms with Gasteiger partial charge in [0.1, 0.15) is 11.3 Å². The van der Waals surface area contributed by atoms with Crippen molar-refractivity contribution in [3.8, 4) is 0 Å². The van der Waals surface area contributed by atoms with Gasteiger partial charge in [0.15, 0.2) is 0 Å². The fourth-order valence-electron chi connectivity index (χ4n) is 2.49. The molecule has 1 heterocycles. The summed E-state index contributed by atoms with van der Waals surface area (Å²) >= 11 is 0. The second-order valence-electron chi connectivity index (χ2n) is 5.88. The van der Waals surface area contributed by atoms with E-state index in [1.807, 2.05) is 49.4 Å². The van der Waals surface area contributed by atoms with Gasteiger partial charge in [-0.15, -0.1) is 0 Å². The van der Waals surface area contributed by atoms with Gasteiger partial charge in [-0.1, -0.05) is 32.0 Å². The van der Waals surface area contributed by atoms with Crippen molar-refractivity contribution < 1.29 is 4.79 Å². The van der Waals surface area contributed by atoms with Crippen LogP contribution in [-0.2, 0) is 0 Å². The number of aryl methyl sites for hydroxylation is 1. The summed E-state index contributed by atoms with van der Waals surface area (Å²) in [5.74, 6) is 1.29. The normalized spacial score (nSPS) is 11.0. The highest BCUT2D eigenvalue weighted by molar-refractivity contribution is 6.04. The molecule has 2 aromatic carbocycles. The van der Waals surface area contributed by atoms with Crippen LogP contribution in [0.5, 0.6) is 0 Å². The van der Waals surface area contributed by atoms with E-state index in [4.69, 9.17) is 0 Å². The molecule has 0 aliphatic carbocycles. The zero-order valence-electron chi connectivity index (χ0n) is 13.5. The first-order valence-corrected chi connectivity index (χ1v) is 7.66. The summed E-state index contributed by atoms with van der Waals surface area (Å²) in [4.78, 5) is 19.8. The minimum absolute atomic E-state index is 0.282. The summed E-state index contributed by atoms with van der Waals surface area (Å²) in [7, 11) is 0. The Morgan fingerprint density at radius 1 is 1.09 bits per heavy atom. The van der Waals surface area contributed by atoms with Crippen LogP contribution >= 0.6 is 0 Å². The average molecular weight is 308 g/mol. The van der Waals surface area contributed by atoms with Gasteiger partial charge in [0, 0.05) is 5.69 Å². The lowest BCUT2D eigenvalue weighted by atomic mass is 10.0. The van der Waals surface area contributed by atoms with Crippen molar-refractivity contribution in [2.75, 3.05) is 10.6 Å². The van der Waals surface area contributed by atoms with Gasteiger partial charge in [-0.2, -0.15) is 0 Å². The van der Waals surface area contributed by atoms with Crippen LogP contribution in [0.15, 0.2) is 42.5 Å². The monoisotopic (exact) mass is 308 g/mol. The number of benzene rings is 2. The molecular formula is C18H20N4O. The Bertz CT molecular complexity index is 834. The van der Waals surface area contributed by atoms with Crippen molar-refractivity contribution in [3.05, 3.63) is 53.9 Å². The Morgan fingerprint density at radius 2 is 1.83 bits per heavy atom. The summed E-state index contributed by atoms with van der Waals surface area (Å²) < 4.78 is 0. The molecule has 3 rings (SSSR count). The van der Waals surface area contributed by atoms with E-state index in [0.717, 1.165) is 22.5 Å².